The third-order valence-electron chi connectivity index (χ3n) is 4.73. The zero-order valence-electron chi connectivity index (χ0n) is 12.7. The molecule has 0 aromatic heterocycles. The number of piperidine rings is 1. The van der Waals surface area contributed by atoms with E-state index in [0.717, 1.165) is 6.42 Å². The van der Waals surface area contributed by atoms with Crippen molar-refractivity contribution in [3.8, 4) is 5.75 Å². The number of fused-ring (bicyclic) bond motifs is 1. The van der Waals surface area contributed by atoms with Gasteiger partial charge >= 0.3 is 0 Å². The van der Waals surface area contributed by atoms with E-state index in [1.807, 2.05) is 11.9 Å². The van der Waals surface area contributed by atoms with Crippen LogP contribution in [0.2, 0.25) is 5.02 Å². The van der Waals surface area contributed by atoms with E-state index in [1.165, 1.54) is 7.11 Å². The van der Waals surface area contributed by atoms with Crippen LogP contribution in [0.15, 0.2) is 18.2 Å². The average molecular weight is 323 g/mol. The van der Waals surface area contributed by atoms with Crippen molar-refractivity contribution in [2.24, 2.45) is 5.92 Å². The van der Waals surface area contributed by atoms with Gasteiger partial charge in [0.1, 0.15) is 5.75 Å². The number of ether oxygens (including phenoxy) is 1. The Kier molecular flexibility index (Phi) is 4.00. The Morgan fingerprint density at radius 1 is 1.41 bits per heavy atom. The van der Waals surface area contributed by atoms with Gasteiger partial charge in [-0.2, -0.15) is 0 Å². The predicted molar refractivity (Wildman–Crippen MR) is 83.2 cm³/mol. The Morgan fingerprint density at radius 2 is 2.18 bits per heavy atom. The van der Waals surface area contributed by atoms with E-state index in [2.05, 4.69) is 0 Å². The van der Waals surface area contributed by atoms with Gasteiger partial charge < -0.3 is 14.5 Å². The first-order valence-corrected chi connectivity index (χ1v) is 7.77. The van der Waals surface area contributed by atoms with Crippen LogP contribution in [0.4, 0.5) is 0 Å². The van der Waals surface area contributed by atoms with Gasteiger partial charge in [0.15, 0.2) is 0 Å². The van der Waals surface area contributed by atoms with Crippen molar-refractivity contribution in [1.29, 1.82) is 0 Å². The molecule has 0 unspecified atom stereocenters. The van der Waals surface area contributed by atoms with Crippen molar-refractivity contribution >= 4 is 23.4 Å². The number of methoxy groups -OCH3 is 1. The SMILES string of the molecule is COc1cc(Cl)ccc1C(=O)N1CC[C@@H]2CC(=O)N(C)[C@@H]2C1. The van der Waals surface area contributed by atoms with Crippen molar-refractivity contribution in [1.82, 2.24) is 9.80 Å². The first-order chi connectivity index (χ1) is 10.5. The third-order valence-corrected chi connectivity index (χ3v) is 4.97. The van der Waals surface area contributed by atoms with E-state index in [4.69, 9.17) is 16.3 Å². The summed E-state index contributed by atoms with van der Waals surface area (Å²) < 4.78 is 5.27. The van der Waals surface area contributed by atoms with E-state index in [1.54, 1.807) is 23.1 Å². The van der Waals surface area contributed by atoms with E-state index in [9.17, 15) is 9.59 Å². The number of amides is 2. The molecule has 22 heavy (non-hydrogen) atoms. The summed E-state index contributed by atoms with van der Waals surface area (Å²) in [6.45, 7) is 1.25. The highest BCUT2D eigenvalue weighted by Crippen LogP contribution is 2.33. The molecule has 2 aliphatic rings. The van der Waals surface area contributed by atoms with Gasteiger partial charge in [-0.05, 0) is 30.5 Å². The first kappa shape index (κ1) is 15.2. The number of carbonyl (C=O) groups is 2. The molecule has 5 nitrogen and oxygen atoms in total. The normalized spacial score (nSPS) is 24.4. The molecular formula is C16H19ClN2O3. The van der Waals surface area contributed by atoms with Crippen LogP contribution in [0.5, 0.6) is 5.75 Å². The quantitative estimate of drug-likeness (QED) is 0.837. The molecule has 118 valence electrons. The van der Waals surface area contributed by atoms with Gasteiger partial charge in [-0.3, -0.25) is 9.59 Å². The lowest BCUT2D eigenvalue weighted by Gasteiger charge is -2.37. The zero-order chi connectivity index (χ0) is 15.9. The number of rotatable bonds is 2. The Hall–Kier alpha value is -1.75. The number of carbonyl (C=O) groups excluding carboxylic acids is 2. The highest BCUT2D eigenvalue weighted by Gasteiger charge is 2.42. The van der Waals surface area contributed by atoms with Crippen LogP contribution in [0, 0.1) is 5.92 Å². The molecule has 2 amide bonds. The molecule has 3 rings (SSSR count). The van der Waals surface area contributed by atoms with Gasteiger partial charge in [0.05, 0.1) is 18.7 Å². The number of hydrogen-bond acceptors (Lipinski definition) is 3. The second-order valence-electron chi connectivity index (χ2n) is 5.92. The Bertz CT molecular complexity index is 619. The summed E-state index contributed by atoms with van der Waals surface area (Å²) in [7, 11) is 3.35. The fraction of sp³-hybridized carbons (Fsp3) is 0.500. The summed E-state index contributed by atoms with van der Waals surface area (Å²) in [5, 5.41) is 0.535. The molecule has 6 heteroatoms. The summed E-state index contributed by atoms with van der Waals surface area (Å²) in [6.07, 6.45) is 1.47. The lowest BCUT2D eigenvalue weighted by molar-refractivity contribution is -0.127. The van der Waals surface area contributed by atoms with Crippen molar-refractivity contribution in [2.75, 3.05) is 27.2 Å². The van der Waals surface area contributed by atoms with E-state index < -0.39 is 0 Å². The smallest absolute Gasteiger partial charge is 0.257 e. The van der Waals surface area contributed by atoms with Crippen LogP contribution in [-0.2, 0) is 4.79 Å². The molecule has 0 N–H and O–H groups in total. The second-order valence-corrected chi connectivity index (χ2v) is 6.36. The van der Waals surface area contributed by atoms with Crippen LogP contribution in [0.1, 0.15) is 23.2 Å². The lowest BCUT2D eigenvalue weighted by Crippen LogP contribution is -2.49. The van der Waals surface area contributed by atoms with Gasteiger partial charge in [-0.1, -0.05) is 11.6 Å². The van der Waals surface area contributed by atoms with Gasteiger partial charge in [0.2, 0.25) is 5.91 Å². The standard InChI is InChI=1S/C16H19ClN2O3/c1-18-13-9-19(6-5-10(13)7-15(18)20)16(21)12-4-3-11(17)8-14(12)22-2/h3-4,8,10,13H,5-7,9H2,1-2H3/t10-,13-/m1/s1. The van der Waals surface area contributed by atoms with Crippen LogP contribution in [-0.4, -0.2) is 54.9 Å². The second kappa shape index (κ2) is 5.80. The molecule has 0 spiro atoms. The monoisotopic (exact) mass is 322 g/mol. The van der Waals surface area contributed by atoms with Crippen molar-refractivity contribution < 1.29 is 14.3 Å². The van der Waals surface area contributed by atoms with Crippen molar-refractivity contribution in [3.05, 3.63) is 28.8 Å². The molecule has 1 aromatic carbocycles. The minimum Gasteiger partial charge on any atom is -0.496 e. The van der Waals surface area contributed by atoms with E-state index >= 15 is 0 Å². The number of hydrogen-bond donors (Lipinski definition) is 0. The molecule has 0 bridgehead atoms. The van der Waals surface area contributed by atoms with Gasteiger partial charge in [0.25, 0.3) is 5.91 Å². The molecule has 2 atom stereocenters. The maximum atomic E-state index is 12.8. The number of halogens is 1. The Labute approximate surface area is 134 Å². The molecule has 0 radical (unpaired) electrons. The molecule has 1 aromatic rings. The number of likely N-dealkylation sites (N-methyl/N-ethyl adjacent to an activating group) is 1. The average Bonchev–Trinajstić information content (AvgIpc) is 2.81. The number of likely N-dealkylation sites (tertiary alicyclic amines) is 2. The zero-order valence-corrected chi connectivity index (χ0v) is 13.5. The molecule has 2 fully saturated rings. The fourth-order valence-electron chi connectivity index (χ4n) is 3.41. The molecule has 2 aliphatic heterocycles. The predicted octanol–water partition coefficient (Wildman–Crippen LogP) is 2.04. The molecule has 0 saturated carbocycles. The van der Waals surface area contributed by atoms with Gasteiger partial charge in [0, 0.05) is 31.6 Å². The molecule has 0 aliphatic carbocycles. The van der Waals surface area contributed by atoms with Crippen molar-refractivity contribution in [3.63, 3.8) is 0 Å². The lowest BCUT2D eigenvalue weighted by atomic mass is 9.92. The maximum Gasteiger partial charge on any atom is 0.257 e. The fourth-order valence-corrected chi connectivity index (χ4v) is 3.57. The van der Waals surface area contributed by atoms with Crippen molar-refractivity contribution in [2.45, 2.75) is 18.9 Å². The Balaban J connectivity index is 1.80. The third kappa shape index (κ3) is 2.54. The first-order valence-electron chi connectivity index (χ1n) is 7.39. The largest absolute Gasteiger partial charge is 0.496 e. The summed E-state index contributed by atoms with van der Waals surface area (Å²) in [6, 6.07) is 5.16. The summed E-state index contributed by atoms with van der Waals surface area (Å²) in [5.41, 5.74) is 0.511. The number of benzene rings is 1. The number of nitrogens with zero attached hydrogens (tertiary/aromatic N) is 2. The minimum absolute atomic E-state index is 0.0697. The summed E-state index contributed by atoms with van der Waals surface area (Å²) in [4.78, 5) is 28.2. The maximum absolute atomic E-state index is 12.8. The van der Waals surface area contributed by atoms with Crippen LogP contribution in [0.25, 0.3) is 0 Å². The topological polar surface area (TPSA) is 49.9 Å². The molecule has 2 heterocycles. The van der Waals surface area contributed by atoms with Crippen LogP contribution < -0.4 is 4.74 Å². The Morgan fingerprint density at radius 3 is 2.91 bits per heavy atom. The van der Waals surface area contributed by atoms with E-state index in [-0.39, 0.29) is 17.9 Å². The molecule has 2 saturated heterocycles. The minimum atomic E-state index is -0.0697. The summed E-state index contributed by atoms with van der Waals surface area (Å²) >= 11 is 5.95. The van der Waals surface area contributed by atoms with E-state index in [0.29, 0.717) is 41.8 Å². The van der Waals surface area contributed by atoms with Gasteiger partial charge in [-0.15, -0.1) is 0 Å². The van der Waals surface area contributed by atoms with Crippen LogP contribution in [0.3, 0.4) is 0 Å². The van der Waals surface area contributed by atoms with Gasteiger partial charge in [-0.25, -0.2) is 0 Å². The molecular weight excluding hydrogens is 304 g/mol. The summed E-state index contributed by atoms with van der Waals surface area (Å²) in [5.74, 6) is 0.956. The highest BCUT2D eigenvalue weighted by molar-refractivity contribution is 6.30. The highest BCUT2D eigenvalue weighted by atomic mass is 35.5. The van der Waals surface area contributed by atoms with Crippen LogP contribution >= 0.6 is 11.6 Å².